The normalized spacial score (nSPS) is 10.2. The first kappa shape index (κ1) is 25.4. The van der Waals surface area contributed by atoms with Crippen LogP contribution in [0.5, 0.6) is 11.5 Å². The highest BCUT2D eigenvalue weighted by Crippen LogP contribution is 2.18. The van der Waals surface area contributed by atoms with E-state index in [9.17, 15) is 9.59 Å². The molecular formula is C29H25N3O4S. The number of para-hydroxylation sites is 3. The Morgan fingerprint density at radius 1 is 0.649 bits per heavy atom. The maximum Gasteiger partial charge on any atom is 0.257 e. The fraction of sp³-hybridized carbons (Fsp3) is 0.0690. The van der Waals surface area contributed by atoms with Gasteiger partial charge in [-0.3, -0.25) is 14.9 Å². The molecule has 186 valence electrons. The third kappa shape index (κ3) is 7.65. The van der Waals surface area contributed by atoms with Crippen LogP contribution in [0, 0.1) is 0 Å². The van der Waals surface area contributed by atoms with Crippen LogP contribution in [0.1, 0.15) is 20.7 Å². The molecule has 0 saturated heterocycles. The highest BCUT2D eigenvalue weighted by Gasteiger charge is 2.14. The van der Waals surface area contributed by atoms with Crippen molar-refractivity contribution < 1.29 is 19.1 Å². The summed E-state index contributed by atoms with van der Waals surface area (Å²) >= 11 is 5.33. The largest absolute Gasteiger partial charge is 0.490 e. The highest BCUT2D eigenvalue weighted by molar-refractivity contribution is 7.80. The molecule has 0 saturated carbocycles. The Morgan fingerprint density at radius 3 is 2.03 bits per heavy atom. The van der Waals surface area contributed by atoms with Crippen LogP contribution in [0.25, 0.3) is 0 Å². The maximum absolute atomic E-state index is 12.8. The van der Waals surface area contributed by atoms with E-state index in [2.05, 4.69) is 16.0 Å². The summed E-state index contributed by atoms with van der Waals surface area (Å²) < 4.78 is 11.3. The lowest BCUT2D eigenvalue weighted by Crippen LogP contribution is -2.34. The molecule has 0 bridgehead atoms. The molecule has 0 unspecified atom stereocenters. The molecule has 7 nitrogen and oxygen atoms in total. The molecule has 4 aromatic carbocycles. The van der Waals surface area contributed by atoms with Crippen molar-refractivity contribution in [2.75, 3.05) is 23.8 Å². The van der Waals surface area contributed by atoms with Gasteiger partial charge < -0.3 is 20.1 Å². The Bertz CT molecular complexity index is 1360. The van der Waals surface area contributed by atoms with Crippen LogP contribution in [-0.2, 0) is 0 Å². The topological polar surface area (TPSA) is 88.7 Å². The molecule has 3 N–H and O–H groups in total. The van der Waals surface area contributed by atoms with Crippen LogP contribution in [0.15, 0.2) is 109 Å². The van der Waals surface area contributed by atoms with Gasteiger partial charge in [-0.15, -0.1) is 0 Å². The van der Waals surface area contributed by atoms with E-state index in [-0.39, 0.29) is 11.0 Å². The Hall–Kier alpha value is -4.69. The van der Waals surface area contributed by atoms with Gasteiger partial charge in [0.25, 0.3) is 11.8 Å². The monoisotopic (exact) mass is 511 g/mol. The fourth-order valence-electron chi connectivity index (χ4n) is 3.40. The number of hydrogen-bond donors (Lipinski definition) is 3. The summed E-state index contributed by atoms with van der Waals surface area (Å²) in [4.78, 5) is 25.6. The minimum atomic E-state index is -0.408. The van der Waals surface area contributed by atoms with Gasteiger partial charge in [0.2, 0.25) is 0 Å². The van der Waals surface area contributed by atoms with E-state index in [0.29, 0.717) is 41.5 Å². The minimum absolute atomic E-state index is 0.0625. The zero-order valence-electron chi connectivity index (χ0n) is 19.8. The maximum atomic E-state index is 12.8. The van der Waals surface area contributed by atoms with Crippen molar-refractivity contribution in [3.8, 4) is 11.5 Å². The first-order valence-electron chi connectivity index (χ1n) is 11.6. The average molecular weight is 512 g/mol. The van der Waals surface area contributed by atoms with E-state index in [1.54, 1.807) is 60.7 Å². The second-order valence-electron chi connectivity index (χ2n) is 7.81. The van der Waals surface area contributed by atoms with Crippen molar-refractivity contribution in [1.29, 1.82) is 0 Å². The van der Waals surface area contributed by atoms with Gasteiger partial charge in [-0.25, -0.2) is 0 Å². The lowest BCUT2D eigenvalue weighted by atomic mass is 10.1. The van der Waals surface area contributed by atoms with Gasteiger partial charge in [-0.1, -0.05) is 54.6 Å². The van der Waals surface area contributed by atoms with Gasteiger partial charge in [0.15, 0.2) is 5.11 Å². The molecule has 0 spiro atoms. The standard InChI is InChI=1S/C29H25N3O4S/c33-27(21-10-9-15-24(20-21)36-19-18-35-23-13-5-2-6-14-23)32-29(37)31-26-17-8-7-16-25(26)28(34)30-22-11-3-1-4-12-22/h1-17,20H,18-19H2,(H,30,34)(H2,31,32,33,37). The number of anilines is 2. The average Bonchev–Trinajstić information content (AvgIpc) is 2.92. The van der Waals surface area contributed by atoms with Crippen molar-refractivity contribution >= 4 is 40.5 Å². The number of hydrogen-bond acceptors (Lipinski definition) is 5. The van der Waals surface area contributed by atoms with Crippen molar-refractivity contribution in [2.45, 2.75) is 0 Å². The van der Waals surface area contributed by atoms with Crippen molar-refractivity contribution in [3.63, 3.8) is 0 Å². The Kier molecular flexibility index (Phi) is 8.82. The van der Waals surface area contributed by atoms with Crippen LogP contribution < -0.4 is 25.4 Å². The fourth-order valence-corrected chi connectivity index (χ4v) is 3.60. The molecule has 37 heavy (non-hydrogen) atoms. The molecule has 4 rings (SSSR count). The van der Waals surface area contributed by atoms with Crippen LogP contribution in [0.2, 0.25) is 0 Å². The third-order valence-corrected chi connectivity index (χ3v) is 5.34. The summed E-state index contributed by atoms with van der Waals surface area (Å²) in [5.41, 5.74) is 1.90. The van der Waals surface area contributed by atoms with Crippen LogP contribution >= 0.6 is 12.2 Å². The van der Waals surface area contributed by atoms with E-state index >= 15 is 0 Å². The summed E-state index contributed by atoms with van der Waals surface area (Å²) in [7, 11) is 0. The van der Waals surface area contributed by atoms with Crippen molar-refractivity contribution in [3.05, 3.63) is 120 Å². The minimum Gasteiger partial charge on any atom is -0.490 e. The van der Waals surface area contributed by atoms with Gasteiger partial charge in [0, 0.05) is 11.3 Å². The summed E-state index contributed by atoms with van der Waals surface area (Å²) in [5, 5.41) is 8.49. The summed E-state index contributed by atoms with van der Waals surface area (Å²) in [6.45, 7) is 0.688. The van der Waals surface area contributed by atoms with Crippen LogP contribution in [0.3, 0.4) is 0 Å². The van der Waals surface area contributed by atoms with E-state index < -0.39 is 5.91 Å². The summed E-state index contributed by atoms with van der Waals surface area (Å²) in [6.07, 6.45) is 0. The molecule has 0 radical (unpaired) electrons. The number of carbonyl (C=O) groups is 2. The SMILES string of the molecule is O=C(NC(=S)Nc1ccccc1C(=O)Nc1ccccc1)c1cccc(OCCOc2ccccc2)c1. The summed E-state index contributed by atoms with van der Waals surface area (Å²) in [6, 6.07) is 32.3. The molecule has 0 fully saturated rings. The molecule has 0 aromatic heterocycles. The van der Waals surface area contributed by atoms with Gasteiger partial charge in [0.1, 0.15) is 24.7 Å². The quantitative estimate of drug-likeness (QED) is 0.202. The van der Waals surface area contributed by atoms with Crippen molar-refractivity contribution in [2.24, 2.45) is 0 Å². The first-order chi connectivity index (χ1) is 18.1. The smallest absolute Gasteiger partial charge is 0.257 e. The molecule has 0 aliphatic carbocycles. The number of carbonyl (C=O) groups excluding carboxylic acids is 2. The Labute approximate surface area is 220 Å². The van der Waals surface area contributed by atoms with Crippen molar-refractivity contribution in [1.82, 2.24) is 5.32 Å². The van der Waals surface area contributed by atoms with Crippen LogP contribution in [0.4, 0.5) is 11.4 Å². The number of rotatable bonds is 9. The molecule has 0 aliphatic rings. The second-order valence-corrected chi connectivity index (χ2v) is 8.22. The van der Waals surface area contributed by atoms with E-state index in [4.69, 9.17) is 21.7 Å². The van der Waals surface area contributed by atoms with Gasteiger partial charge in [-0.2, -0.15) is 0 Å². The molecule has 4 aromatic rings. The zero-order chi connectivity index (χ0) is 25.9. The predicted octanol–water partition coefficient (Wildman–Crippen LogP) is 5.52. The zero-order valence-corrected chi connectivity index (χ0v) is 20.7. The number of benzene rings is 4. The van der Waals surface area contributed by atoms with Gasteiger partial charge in [0.05, 0.1) is 11.3 Å². The van der Waals surface area contributed by atoms with Gasteiger partial charge >= 0.3 is 0 Å². The van der Waals surface area contributed by atoms with Crippen LogP contribution in [-0.4, -0.2) is 30.1 Å². The molecule has 0 heterocycles. The molecular weight excluding hydrogens is 486 g/mol. The Balaban J connectivity index is 1.31. The summed E-state index contributed by atoms with van der Waals surface area (Å²) in [5.74, 6) is 0.588. The van der Waals surface area contributed by atoms with E-state index in [1.165, 1.54) is 0 Å². The Morgan fingerprint density at radius 2 is 1.27 bits per heavy atom. The third-order valence-electron chi connectivity index (χ3n) is 5.14. The lowest BCUT2D eigenvalue weighted by Gasteiger charge is -2.14. The molecule has 2 amide bonds. The van der Waals surface area contributed by atoms with Gasteiger partial charge in [-0.05, 0) is 66.8 Å². The molecule has 0 atom stereocenters. The van der Waals surface area contributed by atoms with E-state index in [0.717, 1.165) is 5.75 Å². The highest BCUT2D eigenvalue weighted by atomic mass is 32.1. The molecule has 8 heteroatoms. The number of thiocarbonyl (C=S) groups is 1. The first-order valence-corrected chi connectivity index (χ1v) is 12.0. The second kappa shape index (κ2) is 12.9. The lowest BCUT2D eigenvalue weighted by molar-refractivity contribution is 0.0976. The predicted molar refractivity (Wildman–Crippen MR) is 148 cm³/mol. The molecule has 0 aliphatic heterocycles. The number of amides is 2. The number of nitrogens with one attached hydrogen (secondary N) is 3. The number of ether oxygens (including phenoxy) is 2. The van der Waals surface area contributed by atoms with E-state index in [1.807, 2.05) is 48.5 Å².